The predicted octanol–water partition coefficient (Wildman–Crippen LogP) is 7.84. The van der Waals surface area contributed by atoms with E-state index in [9.17, 15) is 0 Å². The molecule has 4 aromatic rings. The van der Waals surface area contributed by atoms with E-state index in [0.29, 0.717) is 0 Å². The number of nitrogens with zero attached hydrogens (tertiary/aromatic N) is 1. The molecule has 0 radical (unpaired) electrons. The molecular weight excluding hydrogens is 500 g/mol. The van der Waals surface area contributed by atoms with E-state index in [0.717, 1.165) is 19.5 Å². The van der Waals surface area contributed by atoms with E-state index in [4.69, 9.17) is 17.0 Å². The Labute approximate surface area is 203 Å². The second kappa shape index (κ2) is 11.1. The van der Waals surface area contributed by atoms with Gasteiger partial charge in [-0.25, -0.2) is 0 Å². The maximum absolute atomic E-state index is 4.93. The van der Waals surface area contributed by atoms with E-state index in [1.165, 1.54) is 39.1 Å². The average molecular weight is 524 g/mol. The third-order valence-electron chi connectivity index (χ3n) is 5.57. The van der Waals surface area contributed by atoms with Crippen molar-refractivity contribution in [3.8, 4) is 11.1 Å². The van der Waals surface area contributed by atoms with Crippen molar-refractivity contribution in [1.82, 2.24) is 0 Å². The first-order valence-electron chi connectivity index (χ1n) is 10.3. The number of hydrogen-bond donors (Lipinski definition) is 0. The van der Waals surface area contributed by atoms with Crippen molar-refractivity contribution in [3.63, 3.8) is 0 Å². The minimum atomic E-state index is -0.826. The third kappa shape index (κ3) is 5.50. The molecule has 0 saturated heterocycles. The van der Waals surface area contributed by atoms with Crippen molar-refractivity contribution in [3.05, 3.63) is 125 Å². The fourth-order valence-electron chi connectivity index (χ4n) is 4.27. The van der Waals surface area contributed by atoms with E-state index < -0.39 is 20.8 Å². The summed E-state index contributed by atoms with van der Waals surface area (Å²) in [7, 11) is 9.87. The summed E-state index contributed by atoms with van der Waals surface area (Å²) in [6, 6.07) is 37.2. The van der Waals surface area contributed by atoms with Crippen LogP contribution in [0.2, 0.25) is 0 Å². The van der Waals surface area contributed by atoms with Gasteiger partial charge in [0.25, 0.3) is 0 Å². The van der Waals surface area contributed by atoms with Gasteiger partial charge >= 0.3 is 37.9 Å². The van der Waals surface area contributed by atoms with Crippen LogP contribution in [0.3, 0.4) is 0 Å². The second-order valence-corrected chi connectivity index (χ2v) is 11.3. The largest absolute Gasteiger partial charge is 0.362 e. The summed E-state index contributed by atoms with van der Waals surface area (Å²) in [5.74, 6) is 0. The van der Waals surface area contributed by atoms with Gasteiger partial charge in [-0.2, -0.15) is 0 Å². The molecule has 0 saturated carbocycles. The zero-order valence-corrected chi connectivity index (χ0v) is 21.1. The van der Waals surface area contributed by atoms with Gasteiger partial charge < -0.3 is 4.90 Å². The van der Waals surface area contributed by atoms with E-state index in [1.807, 2.05) is 0 Å². The van der Waals surface area contributed by atoms with Crippen LogP contribution >= 0.6 is 17.0 Å². The topological polar surface area (TPSA) is 3.24 Å². The summed E-state index contributed by atoms with van der Waals surface area (Å²) in [4.78, 5) is 2.52. The third-order valence-corrected chi connectivity index (χ3v) is 5.57. The fraction of sp³-hybridized carbons (Fsp3) is 0.111. The number of halogens is 2. The van der Waals surface area contributed by atoms with Crippen LogP contribution < -0.4 is 4.90 Å². The molecule has 0 amide bonds. The summed E-state index contributed by atoms with van der Waals surface area (Å²) in [6.45, 7) is 1.79. The van der Waals surface area contributed by atoms with Gasteiger partial charge in [0.1, 0.15) is 0 Å². The Morgan fingerprint density at radius 2 is 1.13 bits per heavy atom. The average Bonchev–Trinajstić information content (AvgIpc) is 3.19. The van der Waals surface area contributed by atoms with Crippen LogP contribution in [0.25, 0.3) is 11.1 Å². The zero-order chi connectivity index (χ0) is 21.5. The van der Waals surface area contributed by atoms with Crippen molar-refractivity contribution in [2.24, 2.45) is 0 Å². The normalized spacial score (nSPS) is 11.0. The number of anilines is 1. The maximum Gasteiger partial charge on any atom is 0.0454 e. The molecule has 31 heavy (non-hydrogen) atoms. The zero-order valence-electron chi connectivity index (χ0n) is 17.1. The smallest absolute Gasteiger partial charge is 0.0454 e. The molecule has 5 rings (SSSR count). The summed E-state index contributed by atoms with van der Waals surface area (Å²) in [6.07, 6.45) is 1.03. The van der Waals surface area contributed by atoms with Gasteiger partial charge in [-0.15, -0.1) is 0 Å². The predicted molar refractivity (Wildman–Crippen MR) is 129 cm³/mol. The molecule has 0 fully saturated rings. The molecule has 0 spiro atoms. The van der Waals surface area contributed by atoms with Crippen molar-refractivity contribution < 1.29 is 20.8 Å². The quantitative estimate of drug-likeness (QED) is 0.227. The molecule has 0 aromatic heterocycles. The Kier molecular flexibility index (Phi) is 8.03. The molecule has 0 atom stereocenters. The van der Waals surface area contributed by atoms with Crippen LogP contribution in [-0.2, 0) is 40.4 Å². The van der Waals surface area contributed by atoms with Crippen molar-refractivity contribution in [2.75, 3.05) is 4.90 Å². The molecule has 1 aliphatic carbocycles. The summed E-state index contributed by atoms with van der Waals surface area (Å²) in [5.41, 5.74) is 9.66. The SMILES string of the molecule is [Cl][Zr][Cl].c1ccc(CN(Cc2ccccc2)c2cccc3c2-c2ccccc2C3)cc1. The van der Waals surface area contributed by atoms with E-state index in [1.54, 1.807) is 0 Å². The van der Waals surface area contributed by atoms with Gasteiger partial charge in [-0.3, -0.25) is 0 Å². The Hall–Kier alpha value is -1.86. The van der Waals surface area contributed by atoms with Crippen LogP contribution in [0.5, 0.6) is 0 Å². The molecule has 0 unspecified atom stereocenters. The molecular formula is C27H23Cl2NZr. The van der Waals surface area contributed by atoms with Gasteiger partial charge in [-0.1, -0.05) is 97.1 Å². The van der Waals surface area contributed by atoms with E-state index in [2.05, 4.69) is 108 Å². The van der Waals surface area contributed by atoms with Crippen LogP contribution in [0.15, 0.2) is 103 Å². The summed E-state index contributed by atoms with van der Waals surface area (Å²) >= 11 is -0.826. The number of fused-ring (bicyclic) bond motifs is 3. The Morgan fingerprint density at radius 3 is 1.74 bits per heavy atom. The molecule has 0 bridgehead atoms. The van der Waals surface area contributed by atoms with Crippen molar-refractivity contribution in [2.45, 2.75) is 19.5 Å². The first kappa shape index (κ1) is 22.3. The Bertz CT molecular complexity index is 1070. The molecule has 4 aromatic carbocycles. The summed E-state index contributed by atoms with van der Waals surface area (Å²) in [5, 5.41) is 0. The van der Waals surface area contributed by atoms with E-state index in [-0.39, 0.29) is 0 Å². The first-order chi connectivity index (χ1) is 15.3. The molecule has 1 nitrogen and oxygen atoms in total. The molecule has 0 heterocycles. The van der Waals surface area contributed by atoms with Crippen LogP contribution in [-0.4, -0.2) is 0 Å². The monoisotopic (exact) mass is 521 g/mol. The van der Waals surface area contributed by atoms with Crippen LogP contribution in [0, 0.1) is 0 Å². The number of benzene rings is 4. The number of rotatable bonds is 5. The maximum atomic E-state index is 4.93. The van der Waals surface area contributed by atoms with Gasteiger partial charge in [0.15, 0.2) is 0 Å². The van der Waals surface area contributed by atoms with Gasteiger partial charge in [0.05, 0.1) is 0 Å². The van der Waals surface area contributed by atoms with Gasteiger partial charge in [0, 0.05) is 24.3 Å². The van der Waals surface area contributed by atoms with E-state index >= 15 is 0 Å². The minimum Gasteiger partial charge on any atom is -0.362 e. The van der Waals surface area contributed by atoms with Crippen LogP contribution in [0.1, 0.15) is 22.3 Å². The molecule has 1 aliphatic rings. The Morgan fingerprint density at radius 1 is 0.613 bits per heavy atom. The van der Waals surface area contributed by atoms with Crippen LogP contribution in [0.4, 0.5) is 5.69 Å². The number of hydrogen-bond acceptors (Lipinski definition) is 1. The second-order valence-electron chi connectivity index (χ2n) is 7.54. The minimum absolute atomic E-state index is 0.826. The molecule has 4 heteroatoms. The fourth-order valence-corrected chi connectivity index (χ4v) is 4.27. The summed E-state index contributed by atoms with van der Waals surface area (Å²) < 4.78 is 0. The standard InChI is InChI=1S/C27H23N.2ClH.Zr/c1-3-10-21(11-4-1)19-28(20-22-12-5-2-6-13-22)26-17-9-15-24-18-23-14-7-8-16-25(23)27(24)26;;;/h1-17H,18-20H2;2*1H;/q;;;+2/p-2. The van der Waals surface area contributed by atoms with Crippen molar-refractivity contribution >= 4 is 22.7 Å². The molecule has 0 N–H and O–H groups in total. The van der Waals surface area contributed by atoms with Gasteiger partial charge in [0.2, 0.25) is 0 Å². The molecule has 0 aliphatic heterocycles. The molecule has 154 valence electrons. The Balaban J connectivity index is 0.000000730. The van der Waals surface area contributed by atoms with Crippen molar-refractivity contribution in [1.29, 1.82) is 0 Å². The first-order valence-corrected chi connectivity index (χ1v) is 16.6. The van der Waals surface area contributed by atoms with Gasteiger partial charge in [-0.05, 0) is 40.3 Å².